The summed E-state index contributed by atoms with van der Waals surface area (Å²) in [6.45, 7) is 5.59. The lowest BCUT2D eigenvalue weighted by atomic mass is 10.1. The standard InChI is InChI=1S/C30H32FN5O2/c31-24-13-11-23(12-14-24)29-33-27-10-5-4-9-26(27)30(34-29)36(17-6-16-35-19-21-38-22-20-35)18-15-28(37)32-25-7-2-1-3-8-25/h1-5,7-14H,6,15-22H2,(H,32,37). The fourth-order valence-corrected chi connectivity index (χ4v) is 4.64. The number of para-hydroxylation sites is 2. The molecule has 0 saturated carbocycles. The van der Waals surface area contributed by atoms with Crippen molar-refractivity contribution in [2.45, 2.75) is 12.8 Å². The summed E-state index contributed by atoms with van der Waals surface area (Å²) in [5, 5.41) is 3.90. The maximum atomic E-state index is 13.6. The Kier molecular flexibility index (Phi) is 8.53. The monoisotopic (exact) mass is 513 g/mol. The summed E-state index contributed by atoms with van der Waals surface area (Å²) >= 11 is 0. The highest BCUT2D eigenvalue weighted by Crippen LogP contribution is 2.28. The van der Waals surface area contributed by atoms with E-state index in [4.69, 9.17) is 14.7 Å². The Morgan fingerprint density at radius 2 is 1.66 bits per heavy atom. The summed E-state index contributed by atoms with van der Waals surface area (Å²) < 4.78 is 19.1. The molecule has 8 heteroatoms. The van der Waals surface area contributed by atoms with Gasteiger partial charge in [0.2, 0.25) is 5.91 Å². The molecule has 0 atom stereocenters. The highest BCUT2D eigenvalue weighted by Gasteiger charge is 2.18. The van der Waals surface area contributed by atoms with Crippen molar-refractivity contribution >= 4 is 28.3 Å². The number of morpholine rings is 1. The molecule has 5 rings (SSSR count). The van der Waals surface area contributed by atoms with E-state index in [-0.39, 0.29) is 11.7 Å². The van der Waals surface area contributed by atoms with Gasteiger partial charge in [-0.2, -0.15) is 0 Å². The third-order valence-corrected chi connectivity index (χ3v) is 6.66. The van der Waals surface area contributed by atoms with Gasteiger partial charge in [-0.15, -0.1) is 0 Å². The van der Waals surface area contributed by atoms with Crippen molar-refractivity contribution in [3.8, 4) is 11.4 Å². The van der Waals surface area contributed by atoms with E-state index in [1.54, 1.807) is 12.1 Å². The number of ether oxygens (including phenoxy) is 1. The molecule has 1 N–H and O–H groups in total. The molecule has 3 aromatic carbocycles. The number of benzene rings is 3. The van der Waals surface area contributed by atoms with E-state index in [0.717, 1.165) is 73.8 Å². The second-order valence-electron chi connectivity index (χ2n) is 9.35. The number of fused-ring (bicyclic) bond motifs is 1. The average molecular weight is 514 g/mol. The Morgan fingerprint density at radius 1 is 0.921 bits per heavy atom. The summed E-state index contributed by atoms with van der Waals surface area (Å²) in [4.78, 5) is 27.1. The van der Waals surface area contributed by atoms with Gasteiger partial charge in [0, 0.05) is 55.8 Å². The van der Waals surface area contributed by atoms with Gasteiger partial charge in [0.25, 0.3) is 0 Å². The minimum atomic E-state index is -0.302. The van der Waals surface area contributed by atoms with Crippen LogP contribution in [-0.2, 0) is 9.53 Å². The van der Waals surface area contributed by atoms with Crippen LogP contribution in [0.15, 0.2) is 78.9 Å². The molecule has 0 unspecified atom stereocenters. The first-order chi connectivity index (χ1) is 18.7. The predicted octanol–water partition coefficient (Wildman–Crippen LogP) is 4.99. The molecule has 0 spiro atoms. The molecular formula is C30H32FN5O2. The third-order valence-electron chi connectivity index (χ3n) is 6.66. The maximum absolute atomic E-state index is 13.6. The van der Waals surface area contributed by atoms with Gasteiger partial charge in [-0.3, -0.25) is 9.69 Å². The Hall–Kier alpha value is -3.88. The molecule has 1 fully saturated rings. The molecule has 1 aromatic heterocycles. The van der Waals surface area contributed by atoms with Crippen molar-refractivity contribution in [2.75, 3.05) is 56.2 Å². The highest BCUT2D eigenvalue weighted by molar-refractivity contribution is 5.93. The number of hydrogen-bond acceptors (Lipinski definition) is 6. The lowest BCUT2D eigenvalue weighted by molar-refractivity contribution is -0.116. The highest BCUT2D eigenvalue weighted by atomic mass is 19.1. The first-order valence-corrected chi connectivity index (χ1v) is 13.1. The van der Waals surface area contributed by atoms with Crippen LogP contribution in [0.5, 0.6) is 0 Å². The van der Waals surface area contributed by atoms with Crippen LogP contribution in [0.25, 0.3) is 22.3 Å². The first kappa shape index (κ1) is 25.8. The summed E-state index contributed by atoms with van der Waals surface area (Å²) in [6.07, 6.45) is 1.24. The van der Waals surface area contributed by atoms with Gasteiger partial charge in [0.05, 0.1) is 18.7 Å². The van der Waals surface area contributed by atoms with Crippen LogP contribution in [0, 0.1) is 5.82 Å². The van der Waals surface area contributed by atoms with Gasteiger partial charge in [-0.25, -0.2) is 14.4 Å². The molecule has 38 heavy (non-hydrogen) atoms. The summed E-state index contributed by atoms with van der Waals surface area (Å²) in [5.41, 5.74) is 2.33. The Balaban J connectivity index is 1.40. The van der Waals surface area contributed by atoms with Crippen LogP contribution in [0.3, 0.4) is 0 Å². The Bertz CT molecular complexity index is 1340. The molecule has 1 amide bonds. The zero-order chi connectivity index (χ0) is 26.2. The number of aromatic nitrogens is 2. The molecule has 196 valence electrons. The van der Waals surface area contributed by atoms with Gasteiger partial charge in [-0.05, 0) is 55.0 Å². The molecule has 0 bridgehead atoms. The van der Waals surface area contributed by atoms with Crippen molar-refractivity contribution in [2.24, 2.45) is 0 Å². The number of nitrogens with zero attached hydrogens (tertiary/aromatic N) is 4. The molecule has 2 heterocycles. The number of halogens is 1. The molecule has 4 aromatic rings. The number of rotatable bonds is 10. The SMILES string of the molecule is O=C(CCN(CCCN1CCOCC1)c1nc(-c2ccc(F)cc2)nc2ccccc12)Nc1ccccc1. The van der Waals surface area contributed by atoms with Gasteiger partial charge in [0.1, 0.15) is 11.6 Å². The zero-order valence-electron chi connectivity index (χ0n) is 21.4. The molecule has 0 radical (unpaired) electrons. The van der Waals surface area contributed by atoms with E-state index in [1.807, 2.05) is 54.6 Å². The van der Waals surface area contributed by atoms with Crippen molar-refractivity contribution in [1.29, 1.82) is 0 Å². The molecule has 0 aliphatic carbocycles. The fourth-order valence-electron chi connectivity index (χ4n) is 4.64. The normalized spacial score (nSPS) is 13.9. The number of carbonyl (C=O) groups is 1. The van der Waals surface area contributed by atoms with Crippen molar-refractivity contribution in [1.82, 2.24) is 14.9 Å². The minimum Gasteiger partial charge on any atom is -0.379 e. The van der Waals surface area contributed by atoms with Gasteiger partial charge < -0.3 is 15.0 Å². The van der Waals surface area contributed by atoms with Crippen LogP contribution in [0.1, 0.15) is 12.8 Å². The quantitative estimate of drug-likeness (QED) is 0.322. The molecule has 1 saturated heterocycles. The third kappa shape index (κ3) is 6.70. The van der Waals surface area contributed by atoms with E-state index >= 15 is 0 Å². The number of carbonyl (C=O) groups excluding carboxylic acids is 1. The Morgan fingerprint density at radius 3 is 2.45 bits per heavy atom. The Labute approximate surface area is 222 Å². The molecule has 1 aliphatic rings. The molecular weight excluding hydrogens is 481 g/mol. The fraction of sp³-hybridized carbons (Fsp3) is 0.300. The number of amides is 1. The molecule has 1 aliphatic heterocycles. The lowest BCUT2D eigenvalue weighted by Crippen LogP contribution is -2.38. The average Bonchev–Trinajstić information content (AvgIpc) is 2.96. The number of anilines is 2. The topological polar surface area (TPSA) is 70.6 Å². The van der Waals surface area contributed by atoms with Crippen molar-refractivity contribution < 1.29 is 13.9 Å². The maximum Gasteiger partial charge on any atom is 0.226 e. The van der Waals surface area contributed by atoms with E-state index in [0.29, 0.717) is 18.8 Å². The number of nitrogens with one attached hydrogen (secondary N) is 1. The first-order valence-electron chi connectivity index (χ1n) is 13.1. The summed E-state index contributed by atoms with van der Waals surface area (Å²) in [7, 11) is 0. The van der Waals surface area contributed by atoms with E-state index in [9.17, 15) is 9.18 Å². The van der Waals surface area contributed by atoms with Gasteiger partial charge >= 0.3 is 0 Å². The van der Waals surface area contributed by atoms with E-state index in [1.165, 1.54) is 12.1 Å². The second kappa shape index (κ2) is 12.6. The van der Waals surface area contributed by atoms with Crippen molar-refractivity contribution in [3.63, 3.8) is 0 Å². The van der Waals surface area contributed by atoms with Crippen LogP contribution in [0.4, 0.5) is 15.9 Å². The van der Waals surface area contributed by atoms with Crippen LogP contribution >= 0.6 is 0 Å². The lowest BCUT2D eigenvalue weighted by Gasteiger charge is -2.29. The van der Waals surface area contributed by atoms with Crippen LogP contribution < -0.4 is 10.2 Å². The van der Waals surface area contributed by atoms with Gasteiger partial charge in [-0.1, -0.05) is 30.3 Å². The van der Waals surface area contributed by atoms with E-state index in [2.05, 4.69) is 15.1 Å². The van der Waals surface area contributed by atoms with Crippen molar-refractivity contribution in [3.05, 3.63) is 84.7 Å². The number of hydrogen-bond donors (Lipinski definition) is 1. The second-order valence-corrected chi connectivity index (χ2v) is 9.35. The predicted molar refractivity (Wildman–Crippen MR) is 149 cm³/mol. The minimum absolute atomic E-state index is 0.0495. The van der Waals surface area contributed by atoms with Crippen LogP contribution in [0.2, 0.25) is 0 Å². The smallest absolute Gasteiger partial charge is 0.226 e. The summed E-state index contributed by atoms with van der Waals surface area (Å²) in [5.74, 6) is 0.963. The zero-order valence-corrected chi connectivity index (χ0v) is 21.4. The van der Waals surface area contributed by atoms with Gasteiger partial charge in [0.15, 0.2) is 5.82 Å². The molecule has 7 nitrogen and oxygen atoms in total. The van der Waals surface area contributed by atoms with E-state index < -0.39 is 0 Å². The van der Waals surface area contributed by atoms with Crippen LogP contribution in [-0.4, -0.2) is 66.7 Å². The summed E-state index contributed by atoms with van der Waals surface area (Å²) in [6, 6.07) is 23.6. The largest absolute Gasteiger partial charge is 0.379 e.